The van der Waals surface area contributed by atoms with Gasteiger partial charge in [-0.05, 0) is 37.5 Å². The van der Waals surface area contributed by atoms with Crippen LogP contribution in [0.4, 0.5) is 0 Å². The largest absolute Gasteiger partial charge is 0.491 e. The van der Waals surface area contributed by atoms with Crippen LogP contribution in [0.25, 0.3) is 0 Å². The number of ether oxygens (including phenoxy) is 2. The molecule has 3 heterocycles. The number of carbonyl (C=O) groups is 1. The van der Waals surface area contributed by atoms with Crippen molar-refractivity contribution in [2.24, 2.45) is 0 Å². The molecule has 1 unspecified atom stereocenters. The average molecular weight is 342 g/mol. The lowest BCUT2D eigenvalue weighted by molar-refractivity contribution is 0.0679. The third-order valence-electron chi connectivity index (χ3n) is 4.65. The Hall–Kier alpha value is -2.41. The van der Waals surface area contributed by atoms with Gasteiger partial charge in [-0.1, -0.05) is 6.07 Å². The smallest absolute Gasteiger partial charge is 0.251 e. The third kappa shape index (κ3) is 3.66. The monoisotopic (exact) mass is 342 g/mol. The summed E-state index contributed by atoms with van der Waals surface area (Å²) in [4.78, 5) is 12.4. The van der Waals surface area contributed by atoms with Crippen LogP contribution in [0.2, 0.25) is 0 Å². The van der Waals surface area contributed by atoms with Gasteiger partial charge in [-0.25, -0.2) is 0 Å². The molecule has 1 fully saturated rings. The van der Waals surface area contributed by atoms with Crippen molar-refractivity contribution in [2.45, 2.75) is 44.9 Å². The van der Waals surface area contributed by atoms with Gasteiger partial charge < -0.3 is 19.4 Å². The van der Waals surface area contributed by atoms with Gasteiger partial charge in [0.25, 0.3) is 5.91 Å². The van der Waals surface area contributed by atoms with Gasteiger partial charge in [0.15, 0.2) is 5.82 Å². The van der Waals surface area contributed by atoms with Gasteiger partial charge in [-0.2, -0.15) is 0 Å². The molecule has 0 saturated carbocycles. The minimum Gasteiger partial charge on any atom is -0.491 e. The molecule has 1 aromatic carbocycles. The first-order valence-electron chi connectivity index (χ1n) is 8.83. The normalized spacial score (nSPS) is 19.0. The summed E-state index contributed by atoms with van der Waals surface area (Å²) in [6.07, 6.45) is 4.33. The number of benzene rings is 1. The SMILES string of the molecule is O=C(NCc1nnc2n1CCC2)c1cccc(OCC2CCCO2)c1. The van der Waals surface area contributed by atoms with E-state index in [0.717, 1.165) is 50.5 Å². The van der Waals surface area contributed by atoms with Gasteiger partial charge in [-0.15, -0.1) is 10.2 Å². The van der Waals surface area contributed by atoms with Gasteiger partial charge in [0, 0.05) is 25.1 Å². The summed E-state index contributed by atoms with van der Waals surface area (Å²) in [6.45, 7) is 2.65. The number of hydrogen-bond acceptors (Lipinski definition) is 5. The highest BCUT2D eigenvalue weighted by Gasteiger charge is 2.18. The summed E-state index contributed by atoms with van der Waals surface area (Å²) < 4.78 is 13.4. The molecular weight excluding hydrogens is 320 g/mol. The molecule has 7 nitrogen and oxygen atoms in total. The summed E-state index contributed by atoms with van der Waals surface area (Å²) in [5.41, 5.74) is 0.575. The Morgan fingerprint density at radius 3 is 3.20 bits per heavy atom. The van der Waals surface area contributed by atoms with Crippen molar-refractivity contribution < 1.29 is 14.3 Å². The highest BCUT2D eigenvalue weighted by atomic mass is 16.5. The lowest BCUT2D eigenvalue weighted by Crippen LogP contribution is -2.24. The quantitative estimate of drug-likeness (QED) is 0.865. The maximum atomic E-state index is 12.4. The number of aryl methyl sites for hydroxylation is 1. The van der Waals surface area contributed by atoms with E-state index in [1.165, 1.54) is 0 Å². The van der Waals surface area contributed by atoms with Crippen LogP contribution in [0.1, 0.15) is 41.3 Å². The lowest BCUT2D eigenvalue weighted by atomic mass is 10.2. The molecule has 4 rings (SSSR count). The maximum absolute atomic E-state index is 12.4. The van der Waals surface area contributed by atoms with Crippen molar-refractivity contribution in [1.82, 2.24) is 20.1 Å². The minimum atomic E-state index is -0.141. The number of hydrogen-bond donors (Lipinski definition) is 1. The van der Waals surface area contributed by atoms with E-state index < -0.39 is 0 Å². The zero-order valence-corrected chi connectivity index (χ0v) is 14.1. The Morgan fingerprint density at radius 1 is 1.36 bits per heavy atom. The second-order valence-electron chi connectivity index (χ2n) is 6.44. The van der Waals surface area contributed by atoms with Gasteiger partial charge in [0.2, 0.25) is 0 Å². The zero-order valence-electron chi connectivity index (χ0n) is 14.1. The highest BCUT2D eigenvalue weighted by Crippen LogP contribution is 2.18. The van der Waals surface area contributed by atoms with Crippen molar-refractivity contribution >= 4 is 5.91 Å². The Kier molecular flexibility index (Phi) is 4.65. The number of aromatic nitrogens is 3. The number of nitrogens with zero attached hydrogens (tertiary/aromatic N) is 3. The zero-order chi connectivity index (χ0) is 17.1. The Balaban J connectivity index is 1.34. The second kappa shape index (κ2) is 7.23. The predicted octanol–water partition coefficient (Wildman–Crippen LogP) is 1.71. The van der Waals surface area contributed by atoms with Crippen LogP contribution in [-0.2, 0) is 24.2 Å². The number of rotatable bonds is 6. The molecule has 0 aliphatic carbocycles. The summed E-state index contributed by atoms with van der Waals surface area (Å²) in [6, 6.07) is 7.23. The number of amides is 1. The van der Waals surface area contributed by atoms with Crippen molar-refractivity contribution in [2.75, 3.05) is 13.2 Å². The van der Waals surface area contributed by atoms with Gasteiger partial charge in [-0.3, -0.25) is 4.79 Å². The van der Waals surface area contributed by atoms with E-state index in [9.17, 15) is 4.79 Å². The Labute approximate surface area is 146 Å². The van der Waals surface area contributed by atoms with E-state index in [0.29, 0.717) is 24.5 Å². The first-order valence-corrected chi connectivity index (χ1v) is 8.83. The lowest BCUT2D eigenvalue weighted by Gasteiger charge is -2.12. The third-order valence-corrected chi connectivity index (χ3v) is 4.65. The van der Waals surface area contributed by atoms with Crippen molar-refractivity contribution in [3.63, 3.8) is 0 Å². The standard InChI is InChI=1S/C18H22N4O3/c23-18(19-11-17-21-20-16-7-2-8-22(16)17)13-4-1-5-14(10-13)25-12-15-6-3-9-24-15/h1,4-5,10,15H,2-3,6-9,11-12H2,(H,19,23). The van der Waals surface area contributed by atoms with Crippen LogP contribution in [0.15, 0.2) is 24.3 Å². The summed E-state index contributed by atoms with van der Waals surface area (Å²) in [5.74, 6) is 2.37. The van der Waals surface area contributed by atoms with Crippen LogP contribution in [-0.4, -0.2) is 40.0 Å². The molecule has 1 saturated heterocycles. The molecule has 1 atom stereocenters. The van der Waals surface area contributed by atoms with Crippen LogP contribution in [0, 0.1) is 0 Å². The average Bonchev–Trinajstić information content (AvgIpc) is 3.36. The molecule has 0 bridgehead atoms. The molecule has 1 N–H and O–H groups in total. The molecule has 2 aliphatic rings. The Morgan fingerprint density at radius 2 is 2.32 bits per heavy atom. The van der Waals surface area contributed by atoms with E-state index in [4.69, 9.17) is 9.47 Å². The van der Waals surface area contributed by atoms with E-state index >= 15 is 0 Å². The van der Waals surface area contributed by atoms with Crippen LogP contribution >= 0.6 is 0 Å². The minimum absolute atomic E-state index is 0.141. The number of fused-ring (bicyclic) bond motifs is 1. The highest BCUT2D eigenvalue weighted by molar-refractivity contribution is 5.94. The fraction of sp³-hybridized carbons (Fsp3) is 0.500. The topological polar surface area (TPSA) is 78.3 Å². The first kappa shape index (κ1) is 16.1. The number of nitrogens with one attached hydrogen (secondary N) is 1. The van der Waals surface area contributed by atoms with E-state index in [1.807, 2.05) is 12.1 Å². The molecular formula is C18H22N4O3. The molecule has 25 heavy (non-hydrogen) atoms. The van der Waals surface area contributed by atoms with Crippen molar-refractivity contribution in [3.8, 4) is 5.75 Å². The first-order chi connectivity index (χ1) is 12.3. The summed E-state index contributed by atoms with van der Waals surface area (Å²) in [5, 5.41) is 11.2. The Bertz CT molecular complexity index is 753. The summed E-state index contributed by atoms with van der Waals surface area (Å²) >= 11 is 0. The van der Waals surface area contributed by atoms with E-state index in [-0.39, 0.29) is 12.0 Å². The van der Waals surface area contributed by atoms with Crippen molar-refractivity contribution in [3.05, 3.63) is 41.5 Å². The maximum Gasteiger partial charge on any atom is 0.251 e. The molecule has 132 valence electrons. The van der Waals surface area contributed by atoms with Gasteiger partial charge in [0.05, 0.1) is 12.6 Å². The second-order valence-corrected chi connectivity index (χ2v) is 6.44. The van der Waals surface area contributed by atoms with Crippen LogP contribution in [0.5, 0.6) is 5.75 Å². The molecule has 0 spiro atoms. The molecule has 1 aromatic heterocycles. The van der Waals surface area contributed by atoms with Crippen LogP contribution in [0.3, 0.4) is 0 Å². The summed E-state index contributed by atoms with van der Waals surface area (Å²) in [7, 11) is 0. The molecule has 2 aliphatic heterocycles. The van der Waals surface area contributed by atoms with E-state index in [1.54, 1.807) is 12.1 Å². The fourth-order valence-electron chi connectivity index (χ4n) is 3.29. The molecule has 2 aromatic rings. The van der Waals surface area contributed by atoms with E-state index in [2.05, 4.69) is 20.1 Å². The molecule has 7 heteroatoms. The number of carbonyl (C=O) groups excluding carboxylic acids is 1. The van der Waals surface area contributed by atoms with Gasteiger partial charge >= 0.3 is 0 Å². The molecule has 1 amide bonds. The van der Waals surface area contributed by atoms with Gasteiger partial charge in [0.1, 0.15) is 18.2 Å². The fourth-order valence-corrected chi connectivity index (χ4v) is 3.29. The predicted molar refractivity (Wildman–Crippen MR) is 90.4 cm³/mol. The van der Waals surface area contributed by atoms with Crippen LogP contribution < -0.4 is 10.1 Å². The molecule has 0 radical (unpaired) electrons. The van der Waals surface area contributed by atoms with Crippen molar-refractivity contribution in [1.29, 1.82) is 0 Å².